The summed E-state index contributed by atoms with van der Waals surface area (Å²) in [7, 11) is 0. The molecule has 1 saturated heterocycles. The van der Waals surface area contributed by atoms with Crippen molar-refractivity contribution in [3.63, 3.8) is 0 Å². The molecule has 5 heteroatoms. The number of amides is 2. The van der Waals surface area contributed by atoms with Gasteiger partial charge in [0.2, 0.25) is 0 Å². The highest BCUT2D eigenvalue weighted by atomic mass is 16.5. The summed E-state index contributed by atoms with van der Waals surface area (Å²) in [6.07, 6.45) is 3.06. The van der Waals surface area contributed by atoms with Gasteiger partial charge in [-0.2, -0.15) is 0 Å². The van der Waals surface area contributed by atoms with Gasteiger partial charge in [0.15, 0.2) is 0 Å². The van der Waals surface area contributed by atoms with Gasteiger partial charge < -0.3 is 19.7 Å². The zero-order valence-electron chi connectivity index (χ0n) is 13.5. The molecule has 2 rings (SSSR count). The first-order valence-corrected chi connectivity index (χ1v) is 8.13. The lowest BCUT2D eigenvalue weighted by Gasteiger charge is -2.31. The number of ether oxygens (including phenoxy) is 2. The highest BCUT2D eigenvalue weighted by molar-refractivity contribution is 5.89. The van der Waals surface area contributed by atoms with E-state index < -0.39 is 0 Å². The molecule has 0 unspecified atom stereocenters. The number of benzene rings is 1. The molecule has 1 aromatic rings. The van der Waals surface area contributed by atoms with Crippen molar-refractivity contribution in [3.05, 3.63) is 24.3 Å². The summed E-state index contributed by atoms with van der Waals surface area (Å²) in [4.78, 5) is 14.1. The van der Waals surface area contributed by atoms with E-state index in [-0.39, 0.29) is 6.03 Å². The van der Waals surface area contributed by atoms with E-state index in [0.717, 1.165) is 50.4 Å². The van der Waals surface area contributed by atoms with Crippen molar-refractivity contribution in [3.8, 4) is 5.75 Å². The molecule has 5 nitrogen and oxygen atoms in total. The highest BCUT2D eigenvalue weighted by Gasteiger charge is 2.22. The fourth-order valence-corrected chi connectivity index (χ4v) is 2.55. The van der Waals surface area contributed by atoms with Crippen molar-refractivity contribution in [2.45, 2.75) is 39.2 Å². The summed E-state index contributed by atoms with van der Waals surface area (Å²) >= 11 is 0. The number of nitrogens with zero attached hydrogens (tertiary/aromatic N) is 1. The summed E-state index contributed by atoms with van der Waals surface area (Å²) in [6.45, 7) is 6.97. The van der Waals surface area contributed by atoms with Gasteiger partial charge in [-0.1, -0.05) is 13.0 Å². The van der Waals surface area contributed by atoms with Gasteiger partial charge in [0.05, 0.1) is 12.7 Å². The minimum absolute atomic E-state index is 0.0532. The van der Waals surface area contributed by atoms with Crippen molar-refractivity contribution < 1.29 is 14.3 Å². The Hall–Kier alpha value is -1.75. The Balaban J connectivity index is 1.84. The van der Waals surface area contributed by atoms with Crippen molar-refractivity contribution >= 4 is 11.7 Å². The van der Waals surface area contributed by atoms with Crippen LogP contribution in [0.15, 0.2) is 24.3 Å². The maximum Gasteiger partial charge on any atom is 0.321 e. The Morgan fingerprint density at radius 1 is 1.32 bits per heavy atom. The second kappa shape index (κ2) is 8.63. The number of piperidine rings is 1. The van der Waals surface area contributed by atoms with Crippen molar-refractivity contribution in [1.29, 1.82) is 0 Å². The van der Waals surface area contributed by atoms with E-state index in [1.165, 1.54) is 0 Å². The van der Waals surface area contributed by atoms with Crippen LogP contribution in [-0.4, -0.2) is 43.3 Å². The van der Waals surface area contributed by atoms with Gasteiger partial charge in [-0.15, -0.1) is 0 Å². The fraction of sp³-hybridized carbons (Fsp3) is 0.588. The maximum atomic E-state index is 12.3. The minimum atomic E-state index is -0.0532. The van der Waals surface area contributed by atoms with Crippen molar-refractivity contribution in [2.24, 2.45) is 0 Å². The number of rotatable bonds is 6. The van der Waals surface area contributed by atoms with Crippen LogP contribution in [0.2, 0.25) is 0 Å². The van der Waals surface area contributed by atoms with Crippen LogP contribution in [0, 0.1) is 0 Å². The number of carbonyl (C=O) groups is 1. The lowest BCUT2D eigenvalue weighted by atomic mass is 10.1. The Morgan fingerprint density at radius 3 is 2.77 bits per heavy atom. The van der Waals surface area contributed by atoms with E-state index in [0.29, 0.717) is 12.7 Å². The lowest BCUT2D eigenvalue weighted by molar-refractivity contribution is 0.0232. The van der Waals surface area contributed by atoms with Gasteiger partial charge in [0.25, 0.3) is 0 Å². The van der Waals surface area contributed by atoms with Gasteiger partial charge in [-0.25, -0.2) is 4.79 Å². The fourth-order valence-electron chi connectivity index (χ4n) is 2.55. The molecule has 0 atom stereocenters. The van der Waals surface area contributed by atoms with Gasteiger partial charge in [0.1, 0.15) is 5.75 Å². The smallest absolute Gasteiger partial charge is 0.321 e. The largest absolute Gasteiger partial charge is 0.494 e. The molecule has 1 aromatic carbocycles. The summed E-state index contributed by atoms with van der Waals surface area (Å²) < 4.78 is 11.2. The molecular weight excluding hydrogens is 280 g/mol. The second-order valence-electron chi connectivity index (χ2n) is 5.45. The quantitative estimate of drug-likeness (QED) is 0.875. The van der Waals surface area contributed by atoms with Gasteiger partial charge in [-0.3, -0.25) is 0 Å². The Bertz CT molecular complexity index is 471. The number of anilines is 1. The molecule has 0 bridgehead atoms. The van der Waals surface area contributed by atoms with E-state index in [1.54, 1.807) is 0 Å². The van der Waals surface area contributed by atoms with Crippen LogP contribution in [0.25, 0.3) is 0 Å². The molecule has 1 aliphatic rings. The first kappa shape index (κ1) is 16.6. The van der Waals surface area contributed by atoms with Crippen LogP contribution in [0.5, 0.6) is 5.75 Å². The van der Waals surface area contributed by atoms with Crippen LogP contribution in [0.4, 0.5) is 10.5 Å². The molecule has 1 heterocycles. The lowest BCUT2D eigenvalue weighted by Crippen LogP contribution is -2.43. The van der Waals surface area contributed by atoms with E-state index in [4.69, 9.17) is 9.47 Å². The van der Waals surface area contributed by atoms with Gasteiger partial charge in [0, 0.05) is 31.5 Å². The molecule has 0 aromatic heterocycles. The molecule has 0 aliphatic carbocycles. The normalized spacial score (nSPS) is 15.6. The monoisotopic (exact) mass is 306 g/mol. The molecule has 1 N–H and O–H groups in total. The molecule has 1 fully saturated rings. The molecule has 22 heavy (non-hydrogen) atoms. The van der Waals surface area contributed by atoms with Crippen molar-refractivity contribution in [2.75, 3.05) is 31.6 Å². The molecule has 0 radical (unpaired) electrons. The third kappa shape index (κ3) is 4.91. The van der Waals surface area contributed by atoms with E-state index in [9.17, 15) is 4.79 Å². The maximum absolute atomic E-state index is 12.3. The average Bonchev–Trinajstić information content (AvgIpc) is 2.54. The van der Waals surface area contributed by atoms with Gasteiger partial charge in [-0.05, 0) is 38.3 Å². The molecule has 122 valence electrons. The third-order valence-corrected chi connectivity index (χ3v) is 3.69. The number of likely N-dealkylation sites (tertiary alicyclic amines) is 1. The summed E-state index contributed by atoms with van der Waals surface area (Å²) in [5.41, 5.74) is 0.769. The SMILES string of the molecule is CCCOc1cccc(NC(=O)N2CCC(OCC)CC2)c1. The van der Waals surface area contributed by atoms with E-state index in [2.05, 4.69) is 12.2 Å². The first-order valence-electron chi connectivity index (χ1n) is 8.13. The Kier molecular flexibility index (Phi) is 6.52. The van der Waals surface area contributed by atoms with Gasteiger partial charge >= 0.3 is 6.03 Å². The molecular formula is C17H26N2O3. The number of hydrogen-bond acceptors (Lipinski definition) is 3. The third-order valence-electron chi connectivity index (χ3n) is 3.69. The topological polar surface area (TPSA) is 50.8 Å². The van der Waals surface area contributed by atoms with Crippen LogP contribution in [-0.2, 0) is 4.74 Å². The second-order valence-corrected chi connectivity index (χ2v) is 5.45. The minimum Gasteiger partial charge on any atom is -0.494 e. The Labute approximate surface area is 132 Å². The summed E-state index contributed by atoms with van der Waals surface area (Å²) in [5, 5.41) is 2.94. The molecule has 0 saturated carbocycles. The van der Waals surface area contributed by atoms with Crippen LogP contribution in [0.3, 0.4) is 0 Å². The average molecular weight is 306 g/mol. The van der Waals surface area contributed by atoms with E-state index in [1.807, 2.05) is 36.1 Å². The Morgan fingerprint density at radius 2 is 2.09 bits per heavy atom. The molecule has 1 aliphatic heterocycles. The molecule has 0 spiro atoms. The summed E-state index contributed by atoms with van der Waals surface area (Å²) in [6, 6.07) is 7.48. The number of urea groups is 1. The summed E-state index contributed by atoms with van der Waals surface area (Å²) in [5.74, 6) is 0.787. The van der Waals surface area contributed by atoms with Crippen molar-refractivity contribution in [1.82, 2.24) is 4.90 Å². The van der Waals surface area contributed by atoms with Crippen LogP contribution >= 0.6 is 0 Å². The predicted molar refractivity (Wildman–Crippen MR) is 87.5 cm³/mol. The number of nitrogens with one attached hydrogen (secondary N) is 1. The standard InChI is InChI=1S/C17H26N2O3/c1-3-12-22-16-7-5-6-14(13-16)18-17(20)19-10-8-15(9-11-19)21-4-2/h5-7,13,15H,3-4,8-12H2,1-2H3,(H,18,20). The molecule has 2 amide bonds. The van der Waals surface area contributed by atoms with Crippen LogP contribution in [0.1, 0.15) is 33.1 Å². The van der Waals surface area contributed by atoms with Crippen LogP contribution < -0.4 is 10.1 Å². The zero-order valence-corrected chi connectivity index (χ0v) is 13.5. The number of carbonyl (C=O) groups excluding carboxylic acids is 1. The number of hydrogen-bond donors (Lipinski definition) is 1. The highest BCUT2D eigenvalue weighted by Crippen LogP contribution is 2.19. The zero-order chi connectivity index (χ0) is 15.8. The van der Waals surface area contributed by atoms with E-state index >= 15 is 0 Å². The predicted octanol–water partition coefficient (Wildman–Crippen LogP) is 3.51. The first-order chi connectivity index (χ1) is 10.7.